The molecule has 158 valence electrons. The topological polar surface area (TPSA) is 82.6 Å². The first-order chi connectivity index (χ1) is 14.3. The number of para-hydroxylation sites is 1. The summed E-state index contributed by atoms with van der Waals surface area (Å²) in [5.74, 6) is -0.663. The molecule has 3 amide bonds. The van der Waals surface area contributed by atoms with Gasteiger partial charge in [-0.05, 0) is 31.4 Å². The summed E-state index contributed by atoms with van der Waals surface area (Å²) in [6, 6.07) is 6.51. The van der Waals surface area contributed by atoms with Gasteiger partial charge in [0, 0.05) is 17.3 Å². The highest BCUT2D eigenvalue weighted by atomic mass is 32.1. The fraction of sp³-hybridized carbons (Fsp3) is 0.455. The number of hydrogen-bond acceptors (Lipinski definition) is 5. The molecule has 1 saturated heterocycles. The van der Waals surface area contributed by atoms with Gasteiger partial charge in [-0.2, -0.15) is 0 Å². The van der Waals surface area contributed by atoms with E-state index in [4.69, 9.17) is 0 Å². The molecule has 2 aliphatic heterocycles. The van der Waals surface area contributed by atoms with Gasteiger partial charge < -0.3 is 15.1 Å². The third-order valence-electron chi connectivity index (χ3n) is 5.56. The van der Waals surface area contributed by atoms with Gasteiger partial charge in [-0.3, -0.25) is 14.4 Å². The van der Waals surface area contributed by atoms with Gasteiger partial charge >= 0.3 is 0 Å². The summed E-state index contributed by atoms with van der Waals surface area (Å²) in [7, 11) is 0. The van der Waals surface area contributed by atoms with Crippen molar-refractivity contribution in [3.05, 3.63) is 40.9 Å². The maximum absolute atomic E-state index is 13.4. The molecule has 1 atom stereocenters. The van der Waals surface area contributed by atoms with Crippen LogP contribution in [0.2, 0.25) is 0 Å². The van der Waals surface area contributed by atoms with E-state index in [0.717, 1.165) is 18.5 Å². The van der Waals surface area contributed by atoms with Crippen molar-refractivity contribution < 1.29 is 14.4 Å². The number of thiazole rings is 1. The number of anilines is 2. The van der Waals surface area contributed by atoms with Gasteiger partial charge in [0.2, 0.25) is 11.8 Å². The van der Waals surface area contributed by atoms with Gasteiger partial charge in [0.25, 0.3) is 5.91 Å². The maximum atomic E-state index is 13.4. The predicted molar refractivity (Wildman–Crippen MR) is 117 cm³/mol. The number of rotatable bonds is 3. The number of nitrogens with zero attached hydrogens (tertiary/aromatic N) is 3. The van der Waals surface area contributed by atoms with Crippen LogP contribution in [0.1, 0.15) is 56.1 Å². The summed E-state index contributed by atoms with van der Waals surface area (Å²) in [4.78, 5) is 46.9. The standard InChI is InChI=1S/C22H26N4O3S/c1-22(2,3)17-13-30-21(23-17)24-18(27)12-26-15-9-5-4-8-14(15)19(28)25-11-7-6-10-16(25)20(26)29/h4-5,8-9,13,16H,6-7,10-12H2,1-3H3,(H,23,24,27)/t16-/m0/s1. The minimum absolute atomic E-state index is 0.107. The zero-order valence-corrected chi connectivity index (χ0v) is 18.3. The van der Waals surface area contributed by atoms with Crippen LogP contribution >= 0.6 is 11.3 Å². The monoisotopic (exact) mass is 426 g/mol. The molecule has 3 heterocycles. The molecule has 0 aliphatic carbocycles. The van der Waals surface area contributed by atoms with Crippen molar-refractivity contribution in [1.82, 2.24) is 9.88 Å². The van der Waals surface area contributed by atoms with Gasteiger partial charge in [0.05, 0.1) is 16.9 Å². The van der Waals surface area contributed by atoms with E-state index in [1.54, 1.807) is 29.2 Å². The zero-order valence-electron chi connectivity index (χ0n) is 17.5. The van der Waals surface area contributed by atoms with Gasteiger partial charge in [-0.1, -0.05) is 32.9 Å². The van der Waals surface area contributed by atoms with E-state index >= 15 is 0 Å². The van der Waals surface area contributed by atoms with Crippen molar-refractivity contribution in [2.75, 3.05) is 23.3 Å². The van der Waals surface area contributed by atoms with Crippen LogP contribution in [0.15, 0.2) is 29.6 Å². The van der Waals surface area contributed by atoms with Crippen molar-refractivity contribution in [2.24, 2.45) is 0 Å². The fourth-order valence-corrected chi connectivity index (χ4v) is 4.87. The number of piperidine rings is 1. The Bertz CT molecular complexity index is 994. The Morgan fingerprint density at radius 1 is 1.23 bits per heavy atom. The van der Waals surface area contributed by atoms with Gasteiger partial charge in [0.1, 0.15) is 12.6 Å². The van der Waals surface area contributed by atoms with Crippen LogP contribution in [0.5, 0.6) is 0 Å². The number of nitrogens with one attached hydrogen (secondary N) is 1. The quantitative estimate of drug-likeness (QED) is 0.815. The lowest BCUT2D eigenvalue weighted by molar-refractivity contribution is -0.125. The van der Waals surface area contributed by atoms with Crippen LogP contribution in [0.25, 0.3) is 0 Å². The summed E-state index contributed by atoms with van der Waals surface area (Å²) in [5, 5.41) is 5.25. The summed E-state index contributed by atoms with van der Waals surface area (Å²) in [6.07, 6.45) is 2.40. The molecule has 1 aromatic heterocycles. The first kappa shape index (κ1) is 20.5. The van der Waals surface area contributed by atoms with Crippen molar-refractivity contribution in [1.29, 1.82) is 0 Å². The lowest BCUT2D eigenvalue weighted by Crippen LogP contribution is -2.52. The van der Waals surface area contributed by atoms with E-state index in [-0.39, 0.29) is 29.7 Å². The van der Waals surface area contributed by atoms with Crippen LogP contribution in [-0.2, 0) is 15.0 Å². The minimum Gasteiger partial charge on any atom is -0.327 e. The molecule has 4 rings (SSSR count). The third-order valence-corrected chi connectivity index (χ3v) is 6.32. The van der Waals surface area contributed by atoms with Crippen molar-refractivity contribution in [3.8, 4) is 0 Å². The van der Waals surface area contributed by atoms with E-state index in [9.17, 15) is 14.4 Å². The lowest BCUT2D eigenvalue weighted by atomic mass is 9.93. The van der Waals surface area contributed by atoms with Crippen LogP contribution in [-0.4, -0.2) is 46.7 Å². The highest BCUT2D eigenvalue weighted by molar-refractivity contribution is 7.14. The maximum Gasteiger partial charge on any atom is 0.256 e. The van der Waals surface area contributed by atoms with Crippen molar-refractivity contribution >= 4 is 39.9 Å². The number of hydrogen-bond donors (Lipinski definition) is 1. The number of carbonyl (C=O) groups excluding carboxylic acids is 3. The lowest BCUT2D eigenvalue weighted by Gasteiger charge is -2.34. The zero-order chi connectivity index (χ0) is 21.5. The number of amides is 3. The Labute approximate surface area is 180 Å². The van der Waals surface area contributed by atoms with Crippen LogP contribution < -0.4 is 10.2 Å². The second kappa shape index (κ2) is 7.83. The van der Waals surface area contributed by atoms with E-state index in [1.807, 2.05) is 5.38 Å². The highest BCUT2D eigenvalue weighted by Crippen LogP contribution is 2.32. The molecule has 1 fully saturated rings. The number of benzene rings is 1. The normalized spacial score (nSPS) is 19.2. The SMILES string of the molecule is CC(C)(C)c1csc(NC(=O)CN2C(=O)[C@@H]3CCCCN3C(=O)c3ccccc32)n1. The molecular formula is C22H26N4O3S. The molecule has 7 nitrogen and oxygen atoms in total. The fourth-order valence-electron chi connectivity index (χ4n) is 3.92. The highest BCUT2D eigenvalue weighted by Gasteiger charge is 2.41. The Morgan fingerprint density at radius 2 is 2.00 bits per heavy atom. The Hall–Kier alpha value is -2.74. The molecule has 0 radical (unpaired) electrons. The van der Waals surface area contributed by atoms with Crippen molar-refractivity contribution in [2.45, 2.75) is 51.5 Å². The third kappa shape index (κ3) is 3.84. The molecule has 0 saturated carbocycles. The molecular weight excluding hydrogens is 400 g/mol. The van der Waals surface area contributed by atoms with E-state index < -0.39 is 6.04 Å². The Balaban J connectivity index is 1.59. The summed E-state index contributed by atoms with van der Waals surface area (Å²) in [6.45, 7) is 6.60. The summed E-state index contributed by atoms with van der Waals surface area (Å²) < 4.78 is 0. The first-order valence-corrected chi connectivity index (χ1v) is 11.1. The molecule has 2 aliphatic rings. The van der Waals surface area contributed by atoms with Gasteiger partial charge in [-0.15, -0.1) is 11.3 Å². The smallest absolute Gasteiger partial charge is 0.256 e. The second-order valence-corrected chi connectivity index (χ2v) is 9.65. The Kier molecular flexibility index (Phi) is 5.36. The number of fused-ring (bicyclic) bond motifs is 2. The molecule has 0 bridgehead atoms. The number of carbonyl (C=O) groups is 3. The molecule has 0 spiro atoms. The second-order valence-electron chi connectivity index (χ2n) is 8.79. The van der Waals surface area contributed by atoms with Crippen LogP contribution in [0, 0.1) is 0 Å². The minimum atomic E-state index is -0.515. The number of aromatic nitrogens is 1. The largest absolute Gasteiger partial charge is 0.327 e. The van der Waals surface area contributed by atoms with Gasteiger partial charge in [-0.25, -0.2) is 4.98 Å². The van der Waals surface area contributed by atoms with Crippen molar-refractivity contribution in [3.63, 3.8) is 0 Å². The average molecular weight is 427 g/mol. The Morgan fingerprint density at radius 3 is 2.73 bits per heavy atom. The predicted octanol–water partition coefficient (Wildman–Crippen LogP) is 3.42. The van der Waals surface area contributed by atoms with Crippen LogP contribution in [0.4, 0.5) is 10.8 Å². The summed E-state index contributed by atoms with van der Waals surface area (Å²) >= 11 is 1.37. The molecule has 0 unspecified atom stereocenters. The molecule has 8 heteroatoms. The first-order valence-electron chi connectivity index (χ1n) is 10.2. The molecule has 2 aromatic rings. The van der Waals surface area contributed by atoms with Gasteiger partial charge in [0.15, 0.2) is 5.13 Å². The van der Waals surface area contributed by atoms with E-state index in [1.165, 1.54) is 16.2 Å². The molecule has 30 heavy (non-hydrogen) atoms. The summed E-state index contributed by atoms with van der Waals surface area (Å²) in [5.41, 5.74) is 1.76. The molecule has 1 aromatic carbocycles. The van der Waals surface area contributed by atoms with Crippen LogP contribution in [0.3, 0.4) is 0 Å². The average Bonchev–Trinajstić information content (AvgIpc) is 3.17. The van der Waals surface area contributed by atoms with E-state index in [2.05, 4.69) is 31.1 Å². The molecule has 1 N–H and O–H groups in total. The van der Waals surface area contributed by atoms with E-state index in [0.29, 0.717) is 29.3 Å².